The number of hydrogen-bond acceptors (Lipinski definition) is 4. The number of aromatic hydroxyl groups is 1. The van der Waals surface area contributed by atoms with Gasteiger partial charge in [-0.25, -0.2) is 0 Å². The molecule has 6 heteroatoms. The van der Waals surface area contributed by atoms with Gasteiger partial charge in [-0.1, -0.05) is 13.3 Å². The number of aliphatic carboxylic acids is 1. The minimum absolute atomic E-state index is 0.150. The van der Waals surface area contributed by atoms with Crippen LogP contribution >= 0.6 is 0 Å². The van der Waals surface area contributed by atoms with Crippen LogP contribution in [-0.4, -0.2) is 33.6 Å². The third-order valence-corrected chi connectivity index (χ3v) is 3.23. The predicted octanol–water partition coefficient (Wildman–Crippen LogP) is 1.80. The van der Waals surface area contributed by atoms with Gasteiger partial charge in [0, 0.05) is 19.2 Å². The molecule has 0 aromatic carbocycles. The van der Waals surface area contributed by atoms with Crippen LogP contribution in [0.2, 0.25) is 0 Å². The average Bonchev–Trinajstić information content (AvgIpc) is 2.42. The molecular formula is C14H20N2O4. The molecule has 6 nitrogen and oxygen atoms in total. The summed E-state index contributed by atoms with van der Waals surface area (Å²) < 4.78 is 0. The third kappa shape index (κ3) is 5.26. The Morgan fingerprint density at radius 3 is 2.75 bits per heavy atom. The highest BCUT2D eigenvalue weighted by molar-refractivity contribution is 5.96. The zero-order valence-electron chi connectivity index (χ0n) is 11.5. The molecule has 1 atom stereocenters. The van der Waals surface area contributed by atoms with E-state index in [4.69, 9.17) is 5.11 Å². The van der Waals surface area contributed by atoms with Crippen LogP contribution in [0.5, 0.6) is 5.75 Å². The zero-order valence-corrected chi connectivity index (χ0v) is 11.5. The fraction of sp³-hybridized carbons (Fsp3) is 0.500. The van der Waals surface area contributed by atoms with Crippen LogP contribution in [0.25, 0.3) is 0 Å². The maximum atomic E-state index is 11.8. The first kappa shape index (κ1) is 15.9. The maximum Gasteiger partial charge on any atom is 0.303 e. The smallest absolute Gasteiger partial charge is 0.303 e. The van der Waals surface area contributed by atoms with E-state index < -0.39 is 5.97 Å². The maximum absolute atomic E-state index is 11.8. The number of aromatic nitrogens is 1. The molecule has 1 unspecified atom stereocenters. The fourth-order valence-corrected chi connectivity index (χ4v) is 1.94. The van der Waals surface area contributed by atoms with Crippen LogP contribution < -0.4 is 5.32 Å². The molecule has 0 aliphatic rings. The second-order valence-electron chi connectivity index (χ2n) is 4.64. The van der Waals surface area contributed by atoms with Gasteiger partial charge in [-0.3, -0.25) is 14.6 Å². The van der Waals surface area contributed by atoms with Crippen LogP contribution in [-0.2, 0) is 4.79 Å². The van der Waals surface area contributed by atoms with Gasteiger partial charge < -0.3 is 15.5 Å². The summed E-state index contributed by atoms with van der Waals surface area (Å²) in [6, 6.07) is 1.45. The topological polar surface area (TPSA) is 99.5 Å². The highest BCUT2D eigenvalue weighted by Crippen LogP contribution is 2.16. The van der Waals surface area contributed by atoms with Crippen LogP contribution in [0, 0.1) is 5.92 Å². The number of carboxylic acids is 1. The van der Waals surface area contributed by atoms with Crippen LogP contribution in [0.1, 0.15) is 43.0 Å². The van der Waals surface area contributed by atoms with Crippen molar-refractivity contribution in [3.8, 4) is 5.75 Å². The lowest BCUT2D eigenvalue weighted by molar-refractivity contribution is -0.137. The van der Waals surface area contributed by atoms with E-state index in [0.29, 0.717) is 13.0 Å². The number of nitrogens with one attached hydrogen (secondary N) is 1. The lowest BCUT2D eigenvalue weighted by Gasteiger charge is -2.14. The number of pyridine rings is 1. The van der Waals surface area contributed by atoms with Crippen molar-refractivity contribution in [1.82, 2.24) is 10.3 Å². The lowest BCUT2D eigenvalue weighted by atomic mass is 9.96. The minimum Gasteiger partial charge on any atom is -0.505 e. The minimum atomic E-state index is -0.797. The number of hydrogen-bond donors (Lipinski definition) is 3. The molecule has 1 amide bonds. The van der Waals surface area contributed by atoms with Gasteiger partial charge >= 0.3 is 5.97 Å². The number of carboxylic acid groups (broad SMARTS) is 1. The van der Waals surface area contributed by atoms with Gasteiger partial charge in [0.2, 0.25) is 0 Å². The Hall–Kier alpha value is -2.11. The second-order valence-corrected chi connectivity index (χ2v) is 4.64. The first-order valence-corrected chi connectivity index (χ1v) is 6.67. The lowest BCUT2D eigenvalue weighted by Crippen LogP contribution is -2.26. The second kappa shape index (κ2) is 8.14. The highest BCUT2D eigenvalue weighted by Gasteiger charge is 2.12. The van der Waals surface area contributed by atoms with Gasteiger partial charge in [0.1, 0.15) is 5.75 Å². The van der Waals surface area contributed by atoms with Crippen LogP contribution in [0.4, 0.5) is 0 Å². The summed E-state index contributed by atoms with van der Waals surface area (Å²) in [4.78, 5) is 26.0. The molecule has 20 heavy (non-hydrogen) atoms. The van der Waals surface area contributed by atoms with E-state index in [0.717, 1.165) is 12.8 Å². The van der Waals surface area contributed by atoms with Gasteiger partial charge in [-0.15, -0.1) is 0 Å². The summed E-state index contributed by atoms with van der Waals surface area (Å²) in [5, 5.41) is 20.9. The molecule has 3 N–H and O–H groups in total. The van der Waals surface area contributed by atoms with E-state index in [2.05, 4.69) is 10.3 Å². The summed E-state index contributed by atoms with van der Waals surface area (Å²) in [7, 11) is 0. The predicted molar refractivity (Wildman–Crippen MR) is 73.5 cm³/mol. The van der Waals surface area contributed by atoms with E-state index in [1.807, 2.05) is 6.92 Å². The Labute approximate surface area is 117 Å². The number of carbonyl (C=O) groups is 2. The first-order valence-electron chi connectivity index (χ1n) is 6.67. The molecule has 0 bridgehead atoms. The largest absolute Gasteiger partial charge is 0.505 e. The van der Waals surface area contributed by atoms with E-state index >= 15 is 0 Å². The zero-order chi connectivity index (χ0) is 15.0. The van der Waals surface area contributed by atoms with E-state index in [9.17, 15) is 14.7 Å². The van der Waals surface area contributed by atoms with E-state index in [1.165, 1.54) is 18.5 Å². The van der Waals surface area contributed by atoms with Gasteiger partial charge in [0.25, 0.3) is 5.91 Å². The highest BCUT2D eigenvalue weighted by atomic mass is 16.4. The van der Waals surface area contributed by atoms with Gasteiger partial charge in [-0.05, 0) is 24.8 Å². The van der Waals surface area contributed by atoms with Crippen molar-refractivity contribution in [3.63, 3.8) is 0 Å². The van der Waals surface area contributed by atoms with Gasteiger partial charge in [0.05, 0.1) is 11.8 Å². The monoisotopic (exact) mass is 280 g/mol. The molecule has 0 radical (unpaired) electrons. The summed E-state index contributed by atoms with van der Waals surface area (Å²) in [6.45, 7) is 2.46. The standard InChI is InChI=1S/C14H20N2O4/c1-2-10(3-4-13(18)19)5-8-16-14(20)11-6-7-15-9-12(11)17/h6-7,9-10,17H,2-5,8H2,1H3,(H,16,20)(H,18,19). The van der Waals surface area contributed by atoms with Crippen molar-refractivity contribution in [2.75, 3.05) is 6.54 Å². The molecule has 0 fully saturated rings. The van der Waals surface area contributed by atoms with E-state index in [-0.39, 0.29) is 29.6 Å². The molecule has 110 valence electrons. The number of amides is 1. The Kier molecular flexibility index (Phi) is 6.49. The molecule has 1 rings (SSSR count). The first-order chi connectivity index (χ1) is 9.54. The van der Waals surface area contributed by atoms with E-state index in [1.54, 1.807) is 0 Å². The van der Waals surface area contributed by atoms with Crippen molar-refractivity contribution in [2.45, 2.75) is 32.6 Å². The Balaban J connectivity index is 2.37. The number of carbonyl (C=O) groups excluding carboxylic acids is 1. The van der Waals surface area contributed by atoms with Crippen molar-refractivity contribution in [2.24, 2.45) is 5.92 Å². The average molecular weight is 280 g/mol. The van der Waals surface area contributed by atoms with Crippen molar-refractivity contribution in [1.29, 1.82) is 0 Å². The van der Waals surface area contributed by atoms with Crippen LogP contribution in [0.15, 0.2) is 18.5 Å². The molecule has 0 saturated carbocycles. The normalized spacial score (nSPS) is 11.8. The molecular weight excluding hydrogens is 260 g/mol. The van der Waals surface area contributed by atoms with Crippen molar-refractivity contribution in [3.05, 3.63) is 24.0 Å². The van der Waals surface area contributed by atoms with Gasteiger partial charge in [0.15, 0.2) is 0 Å². The molecule has 1 aromatic heterocycles. The summed E-state index contributed by atoms with van der Waals surface area (Å²) in [5.41, 5.74) is 0.193. The molecule has 1 aromatic rings. The number of rotatable bonds is 8. The molecule has 0 aliphatic carbocycles. The number of nitrogens with zero attached hydrogens (tertiary/aromatic N) is 1. The quantitative estimate of drug-likeness (QED) is 0.674. The van der Waals surface area contributed by atoms with Crippen molar-refractivity contribution >= 4 is 11.9 Å². The summed E-state index contributed by atoms with van der Waals surface area (Å²) >= 11 is 0. The molecule has 0 spiro atoms. The SMILES string of the molecule is CCC(CCNC(=O)c1ccncc1O)CCC(=O)O. The fourth-order valence-electron chi connectivity index (χ4n) is 1.94. The molecule has 0 saturated heterocycles. The molecule has 0 aliphatic heterocycles. The Bertz CT molecular complexity index is 462. The molecule has 1 heterocycles. The van der Waals surface area contributed by atoms with Crippen LogP contribution in [0.3, 0.4) is 0 Å². The third-order valence-electron chi connectivity index (χ3n) is 3.23. The van der Waals surface area contributed by atoms with Crippen molar-refractivity contribution < 1.29 is 19.8 Å². The Morgan fingerprint density at radius 1 is 1.40 bits per heavy atom. The Morgan fingerprint density at radius 2 is 2.15 bits per heavy atom. The summed E-state index contributed by atoms with van der Waals surface area (Å²) in [6.07, 6.45) is 5.03. The summed E-state index contributed by atoms with van der Waals surface area (Å²) in [5.74, 6) is -1.02. The van der Waals surface area contributed by atoms with Gasteiger partial charge in [-0.2, -0.15) is 0 Å².